The van der Waals surface area contributed by atoms with Gasteiger partial charge in [-0.25, -0.2) is 13.4 Å². The largest absolute Gasteiger partial charge is 0.480 e. The summed E-state index contributed by atoms with van der Waals surface area (Å²) in [6, 6.07) is 5.98. The van der Waals surface area contributed by atoms with Gasteiger partial charge in [-0.1, -0.05) is 12.1 Å². The van der Waals surface area contributed by atoms with Crippen LogP contribution >= 0.6 is 11.3 Å². The van der Waals surface area contributed by atoms with Crippen LogP contribution in [0.25, 0.3) is 10.6 Å². The number of rotatable bonds is 6. The first-order chi connectivity index (χ1) is 10.7. The molecule has 1 aromatic heterocycles. The number of carboxylic acids is 1. The van der Waals surface area contributed by atoms with Gasteiger partial charge in [0.1, 0.15) is 11.0 Å². The quantitative estimate of drug-likeness (QED) is 0.855. The Hall–Kier alpha value is -1.77. The summed E-state index contributed by atoms with van der Waals surface area (Å²) in [5, 5.41) is 11.7. The third-order valence-corrected chi connectivity index (χ3v) is 5.58. The molecule has 2 rings (SSSR count). The third kappa shape index (κ3) is 4.37. The molecule has 1 atom stereocenters. The van der Waals surface area contributed by atoms with Crippen LogP contribution in [0.3, 0.4) is 0 Å². The molecule has 23 heavy (non-hydrogen) atoms. The van der Waals surface area contributed by atoms with Crippen molar-refractivity contribution in [3.05, 3.63) is 35.3 Å². The summed E-state index contributed by atoms with van der Waals surface area (Å²) in [5.74, 6) is -0.876. The van der Waals surface area contributed by atoms with Crippen molar-refractivity contribution in [2.24, 2.45) is 0 Å². The van der Waals surface area contributed by atoms with Crippen molar-refractivity contribution in [2.75, 3.05) is 13.3 Å². The Morgan fingerprint density at radius 3 is 2.48 bits per heavy atom. The number of carbonyl (C=O) groups is 1. The Bertz CT molecular complexity index is 797. The van der Waals surface area contributed by atoms with Crippen LogP contribution in [0.1, 0.15) is 12.6 Å². The first kappa shape index (κ1) is 17.6. The van der Waals surface area contributed by atoms with Gasteiger partial charge in [-0.3, -0.25) is 9.69 Å². The lowest BCUT2D eigenvalue weighted by Crippen LogP contribution is -2.35. The first-order valence-electron chi connectivity index (χ1n) is 6.86. The predicted octanol–water partition coefficient (Wildman–Crippen LogP) is 2.12. The van der Waals surface area contributed by atoms with Crippen LogP contribution in [0.4, 0.5) is 0 Å². The summed E-state index contributed by atoms with van der Waals surface area (Å²) >= 11 is 1.44. The second kappa shape index (κ2) is 6.77. The molecule has 1 N–H and O–H groups in total. The Balaban J connectivity index is 2.15. The monoisotopic (exact) mass is 354 g/mol. The molecule has 0 aliphatic carbocycles. The van der Waals surface area contributed by atoms with E-state index in [9.17, 15) is 13.2 Å². The lowest BCUT2D eigenvalue weighted by atomic mass is 10.2. The second-order valence-corrected chi connectivity index (χ2v) is 8.24. The molecule has 0 radical (unpaired) electrons. The molecule has 0 aliphatic heterocycles. The van der Waals surface area contributed by atoms with E-state index >= 15 is 0 Å². The minimum absolute atomic E-state index is 0.271. The predicted molar refractivity (Wildman–Crippen MR) is 89.2 cm³/mol. The topological polar surface area (TPSA) is 87.6 Å². The van der Waals surface area contributed by atoms with E-state index < -0.39 is 21.8 Å². The molecule has 0 saturated heterocycles. The molecule has 2 aromatic rings. The lowest BCUT2D eigenvalue weighted by Gasteiger charge is -2.19. The molecule has 0 saturated carbocycles. The van der Waals surface area contributed by atoms with E-state index in [0.29, 0.717) is 6.54 Å². The molecule has 1 aromatic carbocycles. The standard InChI is InChI=1S/C15H18N2O4S2/c1-10(15(18)19)17(2)8-12-9-22-14(16-12)11-4-6-13(7-5-11)23(3,20)21/h4-7,9-10H,8H2,1-3H3,(H,18,19). The maximum Gasteiger partial charge on any atom is 0.320 e. The van der Waals surface area contributed by atoms with Crippen molar-refractivity contribution >= 4 is 27.1 Å². The summed E-state index contributed by atoms with van der Waals surface area (Å²) in [7, 11) is -1.47. The number of benzene rings is 1. The smallest absolute Gasteiger partial charge is 0.320 e. The Morgan fingerprint density at radius 2 is 1.96 bits per heavy atom. The maximum absolute atomic E-state index is 11.5. The van der Waals surface area contributed by atoms with E-state index in [1.54, 1.807) is 43.1 Å². The van der Waals surface area contributed by atoms with Crippen LogP contribution in [-0.2, 0) is 21.2 Å². The summed E-state index contributed by atoms with van der Waals surface area (Å²) < 4.78 is 22.9. The minimum atomic E-state index is -3.21. The van der Waals surface area contributed by atoms with Crippen molar-refractivity contribution in [3.63, 3.8) is 0 Å². The summed E-state index contributed by atoms with van der Waals surface area (Å²) in [4.78, 5) is 17.4. The Kier molecular flexibility index (Phi) is 5.18. The molecule has 6 nitrogen and oxygen atoms in total. The second-order valence-electron chi connectivity index (χ2n) is 5.37. The summed E-state index contributed by atoms with van der Waals surface area (Å²) in [5.41, 5.74) is 1.62. The van der Waals surface area contributed by atoms with Gasteiger partial charge in [0.2, 0.25) is 0 Å². The van der Waals surface area contributed by atoms with Crippen molar-refractivity contribution in [2.45, 2.75) is 24.4 Å². The van der Waals surface area contributed by atoms with Crippen LogP contribution in [0.5, 0.6) is 0 Å². The van der Waals surface area contributed by atoms with Crippen LogP contribution < -0.4 is 0 Å². The van der Waals surface area contributed by atoms with Crippen LogP contribution in [0.2, 0.25) is 0 Å². The van der Waals surface area contributed by atoms with E-state index in [0.717, 1.165) is 16.3 Å². The highest BCUT2D eigenvalue weighted by molar-refractivity contribution is 7.90. The zero-order chi connectivity index (χ0) is 17.2. The normalized spacial score (nSPS) is 13.2. The maximum atomic E-state index is 11.5. The highest BCUT2D eigenvalue weighted by Gasteiger charge is 2.18. The van der Waals surface area contributed by atoms with Gasteiger partial charge in [0.15, 0.2) is 9.84 Å². The molecule has 0 bridgehead atoms. The summed E-state index contributed by atoms with van der Waals surface area (Å²) in [6.07, 6.45) is 1.17. The van der Waals surface area contributed by atoms with Gasteiger partial charge in [-0.15, -0.1) is 11.3 Å². The molecule has 0 fully saturated rings. The SMILES string of the molecule is CC(C(=O)O)N(C)Cc1csc(-c2ccc(S(C)(=O)=O)cc2)n1. The number of hydrogen-bond acceptors (Lipinski definition) is 6. The van der Waals surface area contributed by atoms with Gasteiger partial charge < -0.3 is 5.11 Å². The first-order valence-corrected chi connectivity index (χ1v) is 9.63. The van der Waals surface area contributed by atoms with E-state index in [4.69, 9.17) is 5.11 Å². The average molecular weight is 354 g/mol. The fraction of sp³-hybridized carbons (Fsp3) is 0.333. The fourth-order valence-electron chi connectivity index (χ4n) is 1.94. The van der Waals surface area contributed by atoms with Gasteiger partial charge in [-0.2, -0.15) is 0 Å². The van der Waals surface area contributed by atoms with Crippen molar-refractivity contribution in [1.82, 2.24) is 9.88 Å². The number of aromatic nitrogens is 1. The average Bonchev–Trinajstić information content (AvgIpc) is 2.94. The molecule has 8 heteroatoms. The van der Waals surface area contributed by atoms with Gasteiger partial charge in [-0.05, 0) is 26.1 Å². The molecular formula is C15H18N2O4S2. The molecule has 0 aliphatic rings. The number of sulfone groups is 1. The van der Waals surface area contributed by atoms with E-state index in [1.807, 2.05) is 5.38 Å². The molecule has 1 heterocycles. The Labute approximate surface area is 139 Å². The number of hydrogen-bond donors (Lipinski definition) is 1. The molecule has 1 unspecified atom stereocenters. The van der Waals surface area contributed by atoms with Crippen molar-refractivity contribution < 1.29 is 18.3 Å². The van der Waals surface area contributed by atoms with Gasteiger partial charge in [0, 0.05) is 23.7 Å². The van der Waals surface area contributed by atoms with Crippen molar-refractivity contribution in [3.8, 4) is 10.6 Å². The molecule has 124 valence electrons. The molecular weight excluding hydrogens is 336 g/mol. The number of thiazole rings is 1. The highest BCUT2D eigenvalue weighted by atomic mass is 32.2. The van der Waals surface area contributed by atoms with E-state index in [1.165, 1.54) is 17.6 Å². The van der Waals surface area contributed by atoms with E-state index in [-0.39, 0.29) is 4.90 Å². The van der Waals surface area contributed by atoms with Crippen LogP contribution in [0.15, 0.2) is 34.5 Å². The van der Waals surface area contributed by atoms with Crippen LogP contribution in [0, 0.1) is 0 Å². The van der Waals surface area contributed by atoms with Crippen molar-refractivity contribution in [1.29, 1.82) is 0 Å². The van der Waals surface area contributed by atoms with Gasteiger partial charge in [0.05, 0.1) is 10.6 Å². The minimum Gasteiger partial charge on any atom is -0.480 e. The Morgan fingerprint density at radius 1 is 1.35 bits per heavy atom. The zero-order valence-electron chi connectivity index (χ0n) is 13.1. The van der Waals surface area contributed by atoms with Crippen LogP contribution in [-0.4, -0.2) is 48.7 Å². The number of likely N-dealkylation sites (N-methyl/N-ethyl adjacent to an activating group) is 1. The van der Waals surface area contributed by atoms with E-state index in [2.05, 4.69) is 4.98 Å². The molecule has 0 amide bonds. The molecule has 0 spiro atoms. The number of carboxylic acid groups (broad SMARTS) is 1. The lowest BCUT2D eigenvalue weighted by molar-refractivity contribution is -0.142. The van der Waals surface area contributed by atoms with Gasteiger partial charge >= 0.3 is 5.97 Å². The van der Waals surface area contributed by atoms with Gasteiger partial charge in [0.25, 0.3) is 0 Å². The number of aliphatic carboxylic acids is 1. The highest BCUT2D eigenvalue weighted by Crippen LogP contribution is 2.25. The third-order valence-electron chi connectivity index (χ3n) is 3.51. The summed E-state index contributed by atoms with van der Waals surface area (Å²) in [6.45, 7) is 2.06. The zero-order valence-corrected chi connectivity index (χ0v) is 14.7. The number of nitrogens with zero attached hydrogens (tertiary/aromatic N) is 2. The fourth-order valence-corrected chi connectivity index (χ4v) is 3.39.